The van der Waals surface area contributed by atoms with Gasteiger partial charge in [-0.3, -0.25) is 4.79 Å². The monoisotopic (exact) mass is 454 g/mol. The SMILES string of the molecule is CCCCCCCCCCN[C@@H](C)c1ccc(OC)nc1.O=C(O)[C@H]1C[C@@H]1c1ccccc1. The van der Waals surface area contributed by atoms with Gasteiger partial charge in [0.25, 0.3) is 0 Å². The molecule has 0 spiro atoms. The van der Waals surface area contributed by atoms with Gasteiger partial charge in [0, 0.05) is 18.3 Å². The molecule has 2 aromatic rings. The zero-order chi connectivity index (χ0) is 23.9. The topological polar surface area (TPSA) is 71.5 Å². The van der Waals surface area contributed by atoms with Crippen LogP contribution in [0.3, 0.4) is 0 Å². The fourth-order valence-corrected chi connectivity index (χ4v) is 4.00. The van der Waals surface area contributed by atoms with E-state index in [9.17, 15) is 4.79 Å². The minimum atomic E-state index is -0.663. The first-order valence-corrected chi connectivity index (χ1v) is 12.6. The van der Waals surface area contributed by atoms with Crippen LogP contribution in [0.5, 0.6) is 5.88 Å². The van der Waals surface area contributed by atoms with Gasteiger partial charge in [-0.05, 0) is 43.4 Å². The smallest absolute Gasteiger partial charge is 0.307 e. The molecule has 0 radical (unpaired) electrons. The molecular formula is C28H42N2O3. The molecule has 0 unspecified atom stereocenters. The quantitative estimate of drug-likeness (QED) is 0.309. The molecule has 0 aliphatic heterocycles. The van der Waals surface area contributed by atoms with Gasteiger partial charge >= 0.3 is 5.97 Å². The molecule has 1 aromatic carbocycles. The summed E-state index contributed by atoms with van der Waals surface area (Å²) in [6, 6.07) is 14.2. The van der Waals surface area contributed by atoms with Gasteiger partial charge in [0.2, 0.25) is 5.88 Å². The molecule has 1 aliphatic rings. The van der Waals surface area contributed by atoms with Crippen LogP contribution in [0.4, 0.5) is 0 Å². The lowest BCUT2D eigenvalue weighted by Gasteiger charge is -2.14. The highest BCUT2D eigenvalue weighted by Crippen LogP contribution is 2.47. The van der Waals surface area contributed by atoms with Crippen LogP contribution in [-0.2, 0) is 4.79 Å². The van der Waals surface area contributed by atoms with Crippen molar-refractivity contribution in [2.24, 2.45) is 5.92 Å². The first kappa shape index (κ1) is 26.8. The third-order valence-electron chi connectivity index (χ3n) is 6.28. The Balaban J connectivity index is 0.000000268. The molecular weight excluding hydrogens is 412 g/mol. The Kier molecular flexibility index (Phi) is 12.6. The number of hydrogen-bond acceptors (Lipinski definition) is 4. The second kappa shape index (κ2) is 15.4. The molecule has 5 nitrogen and oxygen atoms in total. The maximum Gasteiger partial charge on any atom is 0.307 e. The van der Waals surface area contributed by atoms with Crippen LogP contribution in [0.1, 0.15) is 94.7 Å². The summed E-state index contributed by atoms with van der Waals surface area (Å²) in [4.78, 5) is 14.8. The highest BCUT2D eigenvalue weighted by Gasteiger charge is 2.43. The van der Waals surface area contributed by atoms with Gasteiger partial charge in [-0.15, -0.1) is 0 Å². The zero-order valence-electron chi connectivity index (χ0n) is 20.6. The van der Waals surface area contributed by atoms with E-state index in [1.54, 1.807) is 7.11 Å². The zero-order valence-corrected chi connectivity index (χ0v) is 20.6. The van der Waals surface area contributed by atoms with Crippen molar-refractivity contribution in [1.29, 1.82) is 0 Å². The number of nitrogens with one attached hydrogen (secondary N) is 1. The first-order valence-electron chi connectivity index (χ1n) is 12.6. The largest absolute Gasteiger partial charge is 0.481 e. The first-order chi connectivity index (χ1) is 16.1. The number of hydrogen-bond donors (Lipinski definition) is 2. The van der Waals surface area contributed by atoms with E-state index in [-0.39, 0.29) is 11.8 Å². The van der Waals surface area contributed by atoms with Crippen LogP contribution in [0.15, 0.2) is 48.7 Å². The highest BCUT2D eigenvalue weighted by atomic mass is 16.5. The number of unbranched alkanes of at least 4 members (excludes halogenated alkanes) is 7. The van der Waals surface area contributed by atoms with E-state index in [0.29, 0.717) is 11.9 Å². The van der Waals surface area contributed by atoms with E-state index in [4.69, 9.17) is 9.84 Å². The molecule has 0 bridgehead atoms. The van der Waals surface area contributed by atoms with Crippen molar-refractivity contribution in [2.45, 2.75) is 83.6 Å². The molecule has 182 valence electrons. The Morgan fingerprint density at radius 1 is 1.06 bits per heavy atom. The predicted octanol–water partition coefficient (Wildman–Crippen LogP) is 6.76. The molecule has 5 heteroatoms. The molecule has 33 heavy (non-hydrogen) atoms. The lowest BCUT2D eigenvalue weighted by Crippen LogP contribution is -2.19. The van der Waals surface area contributed by atoms with E-state index in [1.165, 1.54) is 56.9 Å². The normalized spacial score (nSPS) is 17.5. The second-order valence-electron chi connectivity index (χ2n) is 8.98. The number of carboxylic acid groups (broad SMARTS) is 1. The maximum atomic E-state index is 10.5. The number of pyridine rings is 1. The van der Waals surface area contributed by atoms with E-state index < -0.39 is 5.97 Å². The van der Waals surface area contributed by atoms with Gasteiger partial charge in [-0.25, -0.2) is 4.98 Å². The number of rotatable bonds is 14. The van der Waals surface area contributed by atoms with Crippen molar-refractivity contribution in [2.75, 3.05) is 13.7 Å². The molecule has 1 heterocycles. The summed E-state index contributed by atoms with van der Waals surface area (Å²) < 4.78 is 5.08. The van der Waals surface area contributed by atoms with Crippen molar-refractivity contribution in [3.05, 3.63) is 59.8 Å². The van der Waals surface area contributed by atoms with E-state index in [0.717, 1.165) is 18.5 Å². The number of aliphatic carboxylic acids is 1. The third-order valence-corrected chi connectivity index (χ3v) is 6.28. The number of benzene rings is 1. The van der Waals surface area contributed by atoms with Crippen LogP contribution in [-0.4, -0.2) is 29.7 Å². The van der Waals surface area contributed by atoms with E-state index in [2.05, 4.69) is 30.2 Å². The van der Waals surface area contributed by atoms with Crippen molar-refractivity contribution in [3.8, 4) is 5.88 Å². The molecule has 0 saturated heterocycles. The Bertz CT molecular complexity index is 779. The minimum absolute atomic E-state index is 0.132. The fourth-order valence-electron chi connectivity index (χ4n) is 4.00. The summed E-state index contributed by atoms with van der Waals surface area (Å²) in [5, 5.41) is 12.3. The standard InChI is InChI=1S/C18H32N2O.C10H10O2/c1-4-5-6-7-8-9-10-11-14-19-16(2)17-12-13-18(21-3)20-15-17;11-10(12)9-6-8(9)7-4-2-1-3-5-7/h12-13,15-16,19H,4-11,14H2,1-3H3;1-5,8-9H,6H2,(H,11,12)/t16-;8-,9+/m01/s1. The molecule has 0 amide bonds. The van der Waals surface area contributed by atoms with Gasteiger partial charge in [0.15, 0.2) is 0 Å². The van der Waals surface area contributed by atoms with E-state index in [1.807, 2.05) is 42.6 Å². The summed E-state index contributed by atoms with van der Waals surface area (Å²) in [6.45, 7) is 5.54. The van der Waals surface area contributed by atoms with Gasteiger partial charge in [0.05, 0.1) is 13.0 Å². The number of carbonyl (C=O) groups is 1. The van der Waals surface area contributed by atoms with Gasteiger partial charge in [-0.1, -0.05) is 88.3 Å². The number of aromatic nitrogens is 1. The third kappa shape index (κ3) is 10.4. The average Bonchev–Trinajstić information content (AvgIpc) is 3.65. The molecule has 1 fully saturated rings. The van der Waals surface area contributed by atoms with Crippen molar-refractivity contribution >= 4 is 5.97 Å². The van der Waals surface area contributed by atoms with Crippen LogP contribution in [0.2, 0.25) is 0 Å². The summed E-state index contributed by atoms with van der Waals surface area (Å²) in [6.07, 6.45) is 13.6. The Morgan fingerprint density at radius 3 is 2.27 bits per heavy atom. The molecule has 1 aliphatic carbocycles. The van der Waals surface area contributed by atoms with Crippen molar-refractivity contribution in [1.82, 2.24) is 10.3 Å². The van der Waals surface area contributed by atoms with Gasteiger partial charge in [-0.2, -0.15) is 0 Å². The Hall–Kier alpha value is -2.40. The molecule has 1 aromatic heterocycles. The van der Waals surface area contributed by atoms with Gasteiger partial charge in [0.1, 0.15) is 0 Å². The lowest BCUT2D eigenvalue weighted by atomic mass is 10.1. The number of ether oxygens (including phenoxy) is 1. The van der Waals surface area contributed by atoms with Crippen molar-refractivity contribution in [3.63, 3.8) is 0 Å². The summed E-state index contributed by atoms with van der Waals surface area (Å²) >= 11 is 0. The number of methoxy groups -OCH3 is 1. The Labute approximate surface area is 200 Å². The maximum absolute atomic E-state index is 10.5. The molecule has 1 saturated carbocycles. The predicted molar refractivity (Wildman–Crippen MR) is 135 cm³/mol. The van der Waals surface area contributed by atoms with E-state index >= 15 is 0 Å². The number of carboxylic acids is 1. The molecule has 3 rings (SSSR count). The fraction of sp³-hybridized carbons (Fsp3) is 0.571. The van der Waals surface area contributed by atoms with Crippen LogP contribution >= 0.6 is 0 Å². The highest BCUT2D eigenvalue weighted by molar-refractivity contribution is 5.75. The average molecular weight is 455 g/mol. The summed E-state index contributed by atoms with van der Waals surface area (Å²) in [7, 11) is 1.64. The summed E-state index contributed by atoms with van der Waals surface area (Å²) in [5.41, 5.74) is 2.38. The second-order valence-corrected chi connectivity index (χ2v) is 8.98. The van der Waals surface area contributed by atoms with Crippen LogP contribution in [0.25, 0.3) is 0 Å². The van der Waals surface area contributed by atoms with Crippen molar-refractivity contribution < 1.29 is 14.6 Å². The van der Waals surface area contributed by atoms with Gasteiger partial charge < -0.3 is 15.2 Å². The number of nitrogens with zero attached hydrogens (tertiary/aromatic N) is 1. The molecule has 3 atom stereocenters. The molecule has 2 N–H and O–H groups in total. The minimum Gasteiger partial charge on any atom is -0.481 e. The van der Waals surface area contributed by atoms with Crippen LogP contribution < -0.4 is 10.1 Å². The lowest BCUT2D eigenvalue weighted by molar-refractivity contribution is -0.138. The van der Waals surface area contributed by atoms with Crippen LogP contribution in [0, 0.1) is 5.92 Å². The Morgan fingerprint density at radius 2 is 1.73 bits per heavy atom. The summed E-state index contributed by atoms with van der Waals surface area (Å²) in [5.74, 6) is 0.147.